The summed E-state index contributed by atoms with van der Waals surface area (Å²) in [4.78, 5) is 33.1. The lowest BCUT2D eigenvalue weighted by Gasteiger charge is -2.03. The highest BCUT2D eigenvalue weighted by molar-refractivity contribution is 5.73. The van der Waals surface area contributed by atoms with E-state index in [2.05, 4.69) is 32.9 Å². The van der Waals surface area contributed by atoms with Crippen LogP contribution < -0.4 is 0 Å². The molecule has 0 rings (SSSR count). The number of hydrogen-bond donors (Lipinski definition) is 0. The molecule has 0 bridgehead atoms. The molecule has 0 aliphatic heterocycles. The number of allylic oxidation sites excluding steroid dienone is 8. The fourth-order valence-electron chi connectivity index (χ4n) is 2.37. The zero-order valence-electron chi connectivity index (χ0n) is 18.3. The molecule has 0 unspecified atom stereocenters. The molecule has 0 aromatic heterocycles. The molecule has 0 amide bonds. The molecule has 0 aliphatic rings. The van der Waals surface area contributed by atoms with Gasteiger partial charge in [-0.05, 0) is 76.5 Å². The van der Waals surface area contributed by atoms with Crippen LogP contribution in [0.2, 0.25) is 0 Å². The Bertz CT molecular complexity index is 686. The van der Waals surface area contributed by atoms with Crippen LogP contribution in [0.15, 0.2) is 59.1 Å². The first-order valence-electron chi connectivity index (χ1n) is 9.87. The Morgan fingerprint density at radius 1 is 0.724 bits per heavy atom. The molecule has 0 fully saturated rings. The van der Waals surface area contributed by atoms with Crippen LogP contribution in [0, 0.1) is 0 Å². The van der Waals surface area contributed by atoms with Crippen LogP contribution in [-0.4, -0.2) is 18.2 Å². The molecule has 5 nitrogen and oxygen atoms in total. The lowest BCUT2D eigenvalue weighted by atomic mass is 10.0. The quantitative estimate of drug-likeness (QED) is 0.0959. The molecular formula is C24H34O5. The van der Waals surface area contributed by atoms with Gasteiger partial charge >= 0.3 is 11.9 Å². The SMILES string of the molecule is CC(=O)O/C=C(\C=C\OC(C)=O)CC/C=C(\C=O)CC/C=C(/C)CCC=C(C)C. The Labute approximate surface area is 174 Å². The van der Waals surface area contributed by atoms with E-state index in [9.17, 15) is 14.4 Å². The predicted molar refractivity (Wildman–Crippen MR) is 116 cm³/mol. The van der Waals surface area contributed by atoms with Crippen LogP contribution in [-0.2, 0) is 23.9 Å². The van der Waals surface area contributed by atoms with Crippen LogP contribution in [0.1, 0.15) is 73.1 Å². The average Bonchev–Trinajstić information content (AvgIpc) is 2.63. The van der Waals surface area contributed by atoms with Crippen molar-refractivity contribution in [3.63, 3.8) is 0 Å². The number of esters is 2. The van der Waals surface area contributed by atoms with E-state index in [1.54, 1.807) is 6.08 Å². The molecule has 0 radical (unpaired) electrons. The molecule has 29 heavy (non-hydrogen) atoms. The second-order valence-corrected chi connectivity index (χ2v) is 7.06. The normalized spacial score (nSPS) is 12.7. The molecule has 0 heterocycles. The molecular weight excluding hydrogens is 368 g/mol. The number of ether oxygens (including phenoxy) is 2. The van der Waals surface area contributed by atoms with Gasteiger partial charge in [-0.1, -0.05) is 29.4 Å². The third-order valence-corrected chi connectivity index (χ3v) is 3.90. The van der Waals surface area contributed by atoms with Gasteiger partial charge in [-0.2, -0.15) is 0 Å². The Balaban J connectivity index is 4.66. The third kappa shape index (κ3) is 17.2. The van der Waals surface area contributed by atoms with E-state index < -0.39 is 11.9 Å². The minimum Gasteiger partial charge on any atom is -0.435 e. The number of hydrogen-bond acceptors (Lipinski definition) is 5. The molecule has 0 N–H and O–H groups in total. The standard InChI is InChI=1S/C24H34O5/c1-19(2)9-6-10-20(3)11-7-12-23(17-25)13-8-14-24(18-29-22(5)27)15-16-28-21(4)26/h9,11,13,15-18H,6-8,10,12,14H2,1-5H3/b16-15+,20-11-,23-13-,24-18-. The van der Waals surface area contributed by atoms with Crippen molar-refractivity contribution in [2.45, 2.75) is 73.1 Å². The maximum Gasteiger partial charge on any atom is 0.307 e. The number of aldehydes is 1. The Morgan fingerprint density at radius 3 is 1.90 bits per heavy atom. The smallest absolute Gasteiger partial charge is 0.307 e. The minimum atomic E-state index is -0.431. The first-order chi connectivity index (χ1) is 13.7. The summed E-state index contributed by atoms with van der Waals surface area (Å²) in [5.41, 5.74) is 4.08. The monoisotopic (exact) mass is 402 g/mol. The van der Waals surface area contributed by atoms with Gasteiger partial charge in [-0.3, -0.25) is 14.4 Å². The van der Waals surface area contributed by atoms with Gasteiger partial charge in [0.05, 0.1) is 12.5 Å². The third-order valence-electron chi connectivity index (χ3n) is 3.90. The fraction of sp³-hybridized carbons (Fsp3) is 0.458. The lowest BCUT2D eigenvalue weighted by molar-refractivity contribution is -0.136. The summed E-state index contributed by atoms with van der Waals surface area (Å²) >= 11 is 0. The Hall–Kier alpha value is -2.69. The topological polar surface area (TPSA) is 69.7 Å². The summed E-state index contributed by atoms with van der Waals surface area (Å²) in [6.45, 7) is 8.92. The second kappa shape index (κ2) is 16.3. The summed E-state index contributed by atoms with van der Waals surface area (Å²) < 4.78 is 9.65. The maximum absolute atomic E-state index is 11.3. The van der Waals surface area contributed by atoms with Gasteiger partial charge in [-0.15, -0.1) is 0 Å². The predicted octanol–water partition coefficient (Wildman–Crippen LogP) is 5.89. The molecule has 5 heteroatoms. The summed E-state index contributed by atoms with van der Waals surface area (Å²) in [5.74, 6) is -0.861. The van der Waals surface area contributed by atoms with Crippen molar-refractivity contribution in [3.8, 4) is 0 Å². The zero-order chi connectivity index (χ0) is 22.1. The first-order valence-corrected chi connectivity index (χ1v) is 9.87. The van der Waals surface area contributed by atoms with Crippen LogP contribution in [0.4, 0.5) is 0 Å². The summed E-state index contributed by atoms with van der Waals surface area (Å²) in [6.07, 6.45) is 16.1. The van der Waals surface area contributed by atoms with Crippen molar-refractivity contribution in [3.05, 3.63) is 59.1 Å². The zero-order valence-corrected chi connectivity index (χ0v) is 18.3. The van der Waals surface area contributed by atoms with Crippen LogP contribution in [0.5, 0.6) is 0 Å². The van der Waals surface area contributed by atoms with Gasteiger partial charge in [0.15, 0.2) is 0 Å². The van der Waals surface area contributed by atoms with Crippen molar-refractivity contribution in [1.29, 1.82) is 0 Å². The van der Waals surface area contributed by atoms with Crippen molar-refractivity contribution >= 4 is 18.2 Å². The highest BCUT2D eigenvalue weighted by Crippen LogP contribution is 2.14. The molecule has 0 aromatic carbocycles. The van der Waals surface area contributed by atoms with E-state index in [-0.39, 0.29) is 0 Å². The van der Waals surface area contributed by atoms with Crippen LogP contribution >= 0.6 is 0 Å². The maximum atomic E-state index is 11.3. The van der Waals surface area contributed by atoms with E-state index in [0.29, 0.717) is 24.8 Å². The van der Waals surface area contributed by atoms with Gasteiger partial charge in [-0.25, -0.2) is 0 Å². The van der Waals surface area contributed by atoms with Crippen molar-refractivity contribution < 1.29 is 23.9 Å². The van der Waals surface area contributed by atoms with E-state index in [4.69, 9.17) is 9.47 Å². The molecule has 0 atom stereocenters. The van der Waals surface area contributed by atoms with Gasteiger partial charge in [0.25, 0.3) is 0 Å². The number of carbonyl (C=O) groups excluding carboxylic acids is 3. The molecule has 160 valence electrons. The molecule has 0 spiro atoms. The van der Waals surface area contributed by atoms with Crippen molar-refractivity contribution in [2.75, 3.05) is 0 Å². The highest BCUT2D eigenvalue weighted by atomic mass is 16.5. The molecule has 0 aliphatic carbocycles. The Morgan fingerprint density at radius 2 is 1.31 bits per heavy atom. The first kappa shape index (κ1) is 26.3. The Kier molecular flexibility index (Phi) is 14.8. The minimum absolute atomic E-state index is 0.430. The van der Waals surface area contributed by atoms with Gasteiger partial charge in [0.1, 0.15) is 6.29 Å². The van der Waals surface area contributed by atoms with E-state index in [1.165, 1.54) is 37.5 Å². The van der Waals surface area contributed by atoms with Crippen molar-refractivity contribution in [2.24, 2.45) is 0 Å². The van der Waals surface area contributed by atoms with Crippen LogP contribution in [0.3, 0.4) is 0 Å². The van der Waals surface area contributed by atoms with Gasteiger partial charge in [0.2, 0.25) is 0 Å². The van der Waals surface area contributed by atoms with Gasteiger partial charge in [0, 0.05) is 13.8 Å². The molecule has 0 saturated carbocycles. The highest BCUT2D eigenvalue weighted by Gasteiger charge is 1.99. The summed E-state index contributed by atoms with van der Waals surface area (Å²) in [5, 5.41) is 0. The largest absolute Gasteiger partial charge is 0.435 e. The lowest BCUT2D eigenvalue weighted by Crippen LogP contribution is -1.94. The number of carbonyl (C=O) groups is 3. The van der Waals surface area contributed by atoms with Crippen LogP contribution in [0.25, 0.3) is 0 Å². The fourth-order valence-corrected chi connectivity index (χ4v) is 2.37. The van der Waals surface area contributed by atoms with E-state index >= 15 is 0 Å². The summed E-state index contributed by atoms with van der Waals surface area (Å²) in [7, 11) is 0. The molecule has 0 saturated heterocycles. The summed E-state index contributed by atoms with van der Waals surface area (Å²) in [6, 6.07) is 0. The van der Waals surface area contributed by atoms with E-state index in [1.807, 2.05) is 6.08 Å². The van der Waals surface area contributed by atoms with E-state index in [0.717, 1.165) is 31.1 Å². The van der Waals surface area contributed by atoms with Crippen molar-refractivity contribution in [1.82, 2.24) is 0 Å². The number of rotatable bonds is 13. The second-order valence-electron chi connectivity index (χ2n) is 7.06. The average molecular weight is 403 g/mol. The molecule has 0 aromatic rings. The van der Waals surface area contributed by atoms with Gasteiger partial charge < -0.3 is 9.47 Å².